The van der Waals surface area contributed by atoms with Crippen molar-refractivity contribution < 1.29 is 19.1 Å². The number of hydrogen-bond acceptors (Lipinski definition) is 6. The number of esters is 1. The standard InChI is InChI=1S/C18H22N4O5/c1-11(2)20-18(26)21-17(25)12(3)27-16(24)8-9-22-14-7-5-4-6-13(14)15(23)10-19-22/h4-7,10-12H,8-9H2,1-3H3,(H2,20,21,25,26)/t12-/m1/s1. The molecule has 0 aliphatic rings. The normalized spacial score (nSPS) is 11.9. The monoisotopic (exact) mass is 374 g/mol. The van der Waals surface area contributed by atoms with E-state index in [0.717, 1.165) is 0 Å². The predicted octanol–water partition coefficient (Wildman–Crippen LogP) is 0.953. The summed E-state index contributed by atoms with van der Waals surface area (Å²) in [7, 11) is 0. The lowest BCUT2D eigenvalue weighted by atomic mass is 10.2. The van der Waals surface area contributed by atoms with Crippen LogP contribution in [0.25, 0.3) is 10.9 Å². The van der Waals surface area contributed by atoms with Crippen LogP contribution < -0.4 is 16.1 Å². The Kier molecular flexibility index (Phi) is 6.64. The summed E-state index contributed by atoms with van der Waals surface area (Å²) in [4.78, 5) is 47.1. The molecule has 0 aliphatic heterocycles. The van der Waals surface area contributed by atoms with Crippen LogP contribution >= 0.6 is 0 Å². The second-order valence-corrected chi connectivity index (χ2v) is 6.25. The molecule has 1 heterocycles. The van der Waals surface area contributed by atoms with Crippen LogP contribution in [0.5, 0.6) is 0 Å². The molecular formula is C18H22N4O5. The summed E-state index contributed by atoms with van der Waals surface area (Å²) in [5.41, 5.74) is 0.406. The molecule has 1 aromatic heterocycles. The van der Waals surface area contributed by atoms with E-state index in [2.05, 4.69) is 15.7 Å². The Morgan fingerprint density at radius 3 is 2.59 bits per heavy atom. The van der Waals surface area contributed by atoms with Gasteiger partial charge in [-0.2, -0.15) is 5.10 Å². The fourth-order valence-corrected chi connectivity index (χ4v) is 2.36. The third kappa shape index (κ3) is 5.63. The first-order chi connectivity index (χ1) is 12.8. The van der Waals surface area contributed by atoms with Gasteiger partial charge in [0.15, 0.2) is 6.10 Å². The number of rotatable bonds is 6. The average Bonchev–Trinajstić information content (AvgIpc) is 2.60. The van der Waals surface area contributed by atoms with Crippen LogP contribution in [0.1, 0.15) is 27.2 Å². The van der Waals surface area contributed by atoms with Crippen molar-refractivity contribution in [3.8, 4) is 0 Å². The van der Waals surface area contributed by atoms with Gasteiger partial charge < -0.3 is 10.1 Å². The third-order valence-electron chi connectivity index (χ3n) is 3.62. The summed E-state index contributed by atoms with van der Waals surface area (Å²) in [5.74, 6) is -1.33. The number of hydrogen-bond donors (Lipinski definition) is 2. The molecule has 0 saturated heterocycles. The van der Waals surface area contributed by atoms with Crippen molar-refractivity contribution in [1.29, 1.82) is 0 Å². The third-order valence-corrected chi connectivity index (χ3v) is 3.62. The number of carbonyl (C=O) groups is 3. The second kappa shape index (κ2) is 8.93. The molecule has 27 heavy (non-hydrogen) atoms. The molecule has 2 aromatic rings. The molecule has 0 spiro atoms. The van der Waals surface area contributed by atoms with Crippen molar-refractivity contribution in [1.82, 2.24) is 20.4 Å². The number of amides is 3. The number of para-hydroxylation sites is 1. The SMILES string of the molecule is CC(C)NC(=O)NC(=O)[C@@H](C)OC(=O)CCn1ncc(=O)c2ccccc21. The Morgan fingerprint density at radius 1 is 1.19 bits per heavy atom. The molecule has 144 valence electrons. The highest BCUT2D eigenvalue weighted by atomic mass is 16.5. The summed E-state index contributed by atoms with van der Waals surface area (Å²) in [6, 6.07) is 6.16. The Hall–Kier alpha value is -3.23. The molecule has 0 aliphatic carbocycles. The molecular weight excluding hydrogens is 352 g/mol. The topological polar surface area (TPSA) is 119 Å². The van der Waals surface area contributed by atoms with Gasteiger partial charge in [-0.15, -0.1) is 0 Å². The van der Waals surface area contributed by atoms with Gasteiger partial charge in [0.05, 0.1) is 24.7 Å². The first kappa shape index (κ1) is 20.1. The number of aromatic nitrogens is 2. The van der Waals surface area contributed by atoms with Crippen LogP contribution in [-0.4, -0.2) is 39.8 Å². The number of ether oxygens (including phenoxy) is 1. The first-order valence-corrected chi connectivity index (χ1v) is 8.53. The van der Waals surface area contributed by atoms with E-state index in [9.17, 15) is 19.2 Å². The number of imide groups is 1. The summed E-state index contributed by atoms with van der Waals surface area (Å²) in [6.45, 7) is 5.06. The zero-order valence-corrected chi connectivity index (χ0v) is 15.4. The zero-order valence-electron chi connectivity index (χ0n) is 15.4. The van der Waals surface area contributed by atoms with Gasteiger partial charge in [-0.1, -0.05) is 12.1 Å². The summed E-state index contributed by atoms with van der Waals surface area (Å²) in [5, 5.41) is 9.13. The lowest BCUT2D eigenvalue weighted by Crippen LogP contribution is -2.46. The molecule has 0 saturated carbocycles. The molecule has 0 bridgehead atoms. The largest absolute Gasteiger partial charge is 0.452 e. The van der Waals surface area contributed by atoms with Crippen LogP contribution in [-0.2, 0) is 20.9 Å². The number of nitrogens with zero attached hydrogens (tertiary/aromatic N) is 2. The number of carbonyl (C=O) groups excluding carboxylic acids is 3. The van der Waals surface area contributed by atoms with Gasteiger partial charge in [0.25, 0.3) is 5.91 Å². The van der Waals surface area contributed by atoms with E-state index >= 15 is 0 Å². The number of benzene rings is 1. The number of urea groups is 1. The maximum absolute atomic E-state index is 12.0. The fraction of sp³-hybridized carbons (Fsp3) is 0.389. The smallest absolute Gasteiger partial charge is 0.321 e. The van der Waals surface area contributed by atoms with Crippen LogP contribution in [0.15, 0.2) is 35.3 Å². The van der Waals surface area contributed by atoms with Gasteiger partial charge in [0.2, 0.25) is 5.43 Å². The maximum atomic E-state index is 12.0. The molecule has 1 atom stereocenters. The lowest BCUT2D eigenvalue weighted by Gasteiger charge is -2.15. The van der Waals surface area contributed by atoms with Gasteiger partial charge in [0, 0.05) is 11.4 Å². The summed E-state index contributed by atoms with van der Waals surface area (Å²) < 4.78 is 6.57. The molecule has 0 unspecified atom stereocenters. The molecule has 9 heteroatoms. The van der Waals surface area contributed by atoms with Gasteiger partial charge in [-0.3, -0.25) is 24.4 Å². The molecule has 2 N–H and O–H groups in total. The summed E-state index contributed by atoms with van der Waals surface area (Å²) >= 11 is 0. The van der Waals surface area contributed by atoms with E-state index in [1.807, 2.05) is 0 Å². The van der Waals surface area contributed by atoms with E-state index < -0.39 is 24.0 Å². The molecule has 0 radical (unpaired) electrons. The Balaban J connectivity index is 1.91. The van der Waals surface area contributed by atoms with Gasteiger partial charge >= 0.3 is 12.0 Å². The van der Waals surface area contributed by atoms with Crippen molar-refractivity contribution in [2.45, 2.75) is 45.9 Å². The quantitative estimate of drug-likeness (QED) is 0.727. The molecule has 0 fully saturated rings. The van der Waals surface area contributed by atoms with Crippen molar-refractivity contribution in [3.05, 3.63) is 40.7 Å². The van der Waals surface area contributed by atoms with Crippen molar-refractivity contribution in [2.24, 2.45) is 0 Å². The summed E-state index contributed by atoms with van der Waals surface area (Å²) in [6.07, 6.45) is 0.0290. The lowest BCUT2D eigenvalue weighted by molar-refractivity contribution is -0.154. The predicted molar refractivity (Wildman–Crippen MR) is 98.0 cm³/mol. The van der Waals surface area contributed by atoms with Crippen molar-refractivity contribution in [2.75, 3.05) is 0 Å². The fourth-order valence-electron chi connectivity index (χ4n) is 2.36. The molecule has 2 rings (SSSR count). The number of nitrogens with one attached hydrogen (secondary N) is 2. The van der Waals surface area contributed by atoms with Crippen LogP contribution in [0.2, 0.25) is 0 Å². The molecule has 9 nitrogen and oxygen atoms in total. The Morgan fingerprint density at radius 2 is 1.89 bits per heavy atom. The average molecular weight is 374 g/mol. The number of aryl methyl sites for hydroxylation is 1. The Labute approximate surface area is 155 Å². The Bertz CT molecular complexity index is 906. The maximum Gasteiger partial charge on any atom is 0.321 e. The van der Waals surface area contributed by atoms with E-state index in [0.29, 0.717) is 10.9 Å². The molecule has 3 amide bonds. The van der Waals surface area contributed by atoms with E-state index in [-0.39, 0.29) is 24.4 Å². The number of fused-ring (bicyclic) bond motifs is 1. The van der Waals surface area contributed by atoms with Crippen LogP contribution in [0, 0.1) is 0 Å². The second-order valence-electron chi connectivity index (χ2n) is 6.25. The van der Waals surface area contributed by atoms with E-state index in [4.69, 9.17) is 4.74 Å². The van der Waals surface area contributed by atoms with Crippen molar-refractivity contribution in [3.63, 3.8) is 0 Å². The molecule has 1 aromatic carbocycles. The zero-order chi connectivity index (χ0) is 20.0. The first-order valence-electron chi connectivity index (χ1n) is 8.53. The minimum atomic E-state index is -1.12. The van der Waals surface area contributed by atoms with Crippen LogP contribution in [0.4, 0.5) is 4.79 Å². The van der Waals surface area contributed by atoms with Crippen LogP contribution in [0.3, 0.4) is 0 Å². The van der Waals surface area contributed by atoms with E-state index in [1.54, 1.807) is 38.1 Å². The minimum absolute atomic E-state index is 0.0460. The van der Waals surface area contributed by atoms with Crippen molar-refractivity contribution >= 4 is 28.8 Å². The highest BCUT2D eigenvalue weighted by Gasteiger charge is 2.20. The van der Waals surface area contributed by atoms with Gasteiger partial charge in [-0.25, -0.2) is 4.79 Å². The van der Waals surface area contributed by atoms with E-state index in [1.165, 1.54) is 17.8 Å². The highest BCUT2D eigenvalue weighted by Crippen LogP contribution is 2.08. The minimum Gasteiger partial charge on any atom is -0.452 e. The van der Waals surface area contributed by atoms with Gasteiger partial charge in [-0.05, 0) is 32.9 Å². The van der Waals surface area contributed by atoms with Gasteiger partial charge in [0.1, 0.15) is 0 Å². The highest BCUT2D eigenvalue weighted by molar-refractivity contribution is 5.97.